The Labute approximate surface area is 180 Å². The van der Waals surface area contributed by atoms with Crippen LogP contribution in [0.3, 0.4) is 0 Å². The average molecular weight is 428 g/mol. The molecule has 0 aromatic heterocycles. The van der Waals surface area contributed by atoms with Crippen LogP contribution in [-0.4, -0.2) is 48.6 Å². The Bertz CT molecular complexity index is 953. The zero-order chi connectivity index (χ0) is 22.2. The molecule has 1 saturated carbocycles. The Morgan fingerprint density at radius 1 is 1.23 bits per heavy atom. The molecule has 31 heavy (non-hydrogen) atoms. The second kappa shape index (κ2) is 8.37. The number of amides is 1. The van der Waals surface area contributed by atoms with Crippen LogP contribution in [0.1, 0.15) is 29.9 Å². The highest BCUT2D eigenvalue weighted by Crippen LogP contribution is 2.60. The highest BCUT2D eigenvalue weighted by molar-refractivity contribution is 5.80. The summed E-state index contributed by atoms with van der Waals surface area (Å²) in [5.74, 6) is -1.18. The molecule has 6 N–H and O–H groups in total. The summed E-state index contributed by atoms with van der Waals surface area (Å²) < 4.78 is 17.5. The standard InChI is InChI=1S/C23H28N2O6/c1-29-15-11-14(30-10-6-5-9-24)12-16-19(15)23(28)20(26)18(22(25)27)17(21(23)31-16)13-7-3-2-4-8-13/h2-4,7-8,11-12,17-18,20-21,26,28H,5-6,9-10,24H2,1H3,(H2,25,27)/t17-,18?,20?,21?,23+/m1/s1. The zero-order valence-corrected chi connectivity index (χ0v) is 17.4. The molecule has 0 spiro atoms. The molecule has 1 amide bonds. The molecular formula is C23H28N2O6. The van der Waals surface area contributed by atoms with Crippen molar-refractivity contribution in [2.75, 3.05) is 20.3 Å². The summed E-state index contributed by atoms with van der Waals surface area (Å²) in [5.41, 5.74) is 10.3. The molecule has 1 aliphatic heterocycles. The van der Waals surface area contributed by atoms with Gasteiger partial charge in [-0.1, -0.05) is 30.3 Å². The quantitative estimate of drug-likeness (QED) is 0.461. The number of ether oxygens (including phenoxy) is 3. The van der Waals surface area contributed by atoms with Crippen LogP contribution >= 0.6 is 0 Å². The molecule has 5 atom stereocenters. The van der Waals surface area contributed by atoms with E-state index in [2.05, 4.69) is 0 Å². The zero-order valence-electron chi connectivity index (χ0n) is 17.4. The van der Waals surface area contributed by atoms with Crippen molar-refractivity contribution < 1.29 is 29.2 Å². The largest absolute Gasteiger partial charge is 0.496 e. The number of hydrogen-bond acceptors (Lipinski definition) is 7. The van der Waals surface area contributed by atoms with E-state index >= 15 is 0 Å². The van der Waals surface area contributed by atoms with Crippen LogP contribution in [-0.2, 0) is 10.4 Å². The summed E-state index contributed by atoms with van der Waals surface area (Å²) in [6.45, 7) is 1.07. The number of methoxy groups -OCH3 is 1. The van der Waals surface area contributed by atoms with Crippen molar-refractivity contribution in [3.05, 3.63) is 53.6 Å². The minimum atomic E-state index is -1.86. The Kier molecular flexibility index (Phi) is 5.79. The number of nitrogens with two attached hydrogens (primary N) is 2. The minimum Gasteiger partial charge on any atom is -0.496 e. The fourth-order valence-electron chi connectivity index (χ4n) is 4.81. The summed E-state index contributed by atoms with van der Waals surface area (Å²) >= 11 is 0. The Morgan fingerprint density at radius 2 is 1.97 bits per heavy atom. The number of unbranched alkanes of at least 4 members (excludes halogenated alkanes) is 1. The van der Waals surface area contributed by atoms with E-state index in [4.69, 9.17) is 25.7 Å². The SMILES string of the molecule is COc1cc(OCCCCN)cc2c1[C@]1(O)C(O)C(C(N)=O)[C@@H](c3ccccc3)C1O2. The van der Waals surface area contributed by atoms with Crippen LogP contribution in [0.15, 0.2) is 42.5 Å². The summed E-state index contributed by atoms with van der Waals surface area (Å²) in [4.78, 5) is 12.3. The van der Waals surface area contributed by atoms with Gasteiger partial charge in [0.15, 0.2) is 5.60 Å². The molecule has 3 unspecified atom stereocenters. The van der Waals surface area contributed by atoms with Crippen molar-refractivity contribution in [1.82, 2.24) is 0 Å². The van der Waals surface area contributed by atoms with E-state index in [-0.39, 0.29) is 0 Å². The monoisotopic (exact) mass is 428 g/mol. The molecule has 0 saturated heterocycles. The van der Waals surface area contributed by atoms with Crippen LogP contribution in [0.25, 0.3) is 0 Å². The lowest BCUT2D eigenvalue weighted by molar-refractivity contribution is -0.131. The highest BCUT2D eigenvalue weighted by atomic mass is 16.5. The molecule has 2 aliphatic rings. The van der Waals surface area contributed by atoms with Crippen molar-refractivity contribution in [2.24, 2.45) is 17.4 Å². The molecule has 0 radical (unpaired) electrons. The second-order valence-corrected chi connectivity index (χ2v) is 8.02. The van der Waals surface area contributed by atoms with Gasteiger partial charge in [0.1, 0.15) is 29.5 Å². The highest BCUT2D eigenvalue weighted by Gasteiger charge is 2.68. The average Bonchev–Trinajstić information content (AvgIpc) is 3.18. The van der Waals surface area contributed by atoms with E-state index < -0.39 is 35.6 Å². The number of benzene rings is 2. The molecule has 2 aromatic rings. The number of carbonyl (C=O) groups is 1. The van der Waals surface area contributed by atoms with Gasteiger partial charge in [-0.05, 0) is 24.9 Å². The molecule has 166 valence electrons. The Hall–Kier alpha value is -2.81. The van der Waals surface area contributed by atoms with Crippen LogP contribution in [0.4, 0.5) is 0 Å². The minimum absolute atomic E-state index is 0.298. The van der Waals surface area contributed by atoms with Gasteiger partial charge >= 0.3 is 0 Å². The summed E-state index contributed by atoms with van der Waals surface area (Å²) in [5, 5.41) is 22.9. The molecule has 1 aliphatic carbocycles. The van der Waals surface area contributed by atoms with E-state index in [0.29, 0.717) is 36.0 Å². The first-order chi connectivity index (χ1) is 14.9. The number of hydrogen-bond donors (Lipinski definition) is 4. The first-order valence-corrected chi connectivity index (χ1v) is 10.4. The van der Waals surface area contributed by atoms with Gasteiger partial charge in [-0.15, -0.1) is 0 Å². The molecule has 0 bridgehead atoms. The fraction of sp³-hybridized carbons (Fsp3) is 0.435. The van der Waals surface area contributed by atoms with Crippen molar-refractivity contribution in [2.45, 2.75) is 36.6 Å². The normalized spacial score (nSPS) is 28.5. The third-order valence-electron chi connectivity index (χ3n) is 6.23. The predicted molar refractivity (Wildman–Crippen MR) is 113 cm³/mol. The van der Waals surface area contributed by atoms with E-state index in [9.17, 15) is 15.0 Å². The van der Waals surface area contributed by atoms with Crippen LogP contribution < -0.4 is 25.7 Å². The van der Waals surface area contributed by atoms with Gasteiger partial charge in [-0.3, -0.25) is 4.79 Å². The Morgan fingerprint density at radius 3 is 2.61 bits per heavy atom. The van der Waals surface area contributed by atoms with Crippen LogP contribution in [0.2, 0.25) is 0 Å². The van der Waals surface area contributed by atoms with Crippen molar-refractivity contribution in [3.8, 4) is 17.2 Å². The first kappa shape index (κ1) is 21.4. The van der Waals surface area contributed by atoms with Crippen molar-refractivity contribution in [3.63, 3.8) is 0 Å². The maximum atomic E-state index is 12.3. The van der Waals surface area contributed by atoms with E-state index in [0.717, 1.165) is 18.4 Å². The molecule has 1 fully saturated rings. The number of fused-ring (bicyclic) bond motifs is 3. The molecule has 8 nitrogen and oxygen atoms in total. The second-order valence-electron chi connectivity index (χ2n) is 8.02. The number of rotatable bonds is 8. The van der Waals surface area contributed by atoms with Crippen molar-refractivity contribution >= 4 is 5.91 Å². The van der Waals surface area contributed by atoms with Gasteiger partial charge in [-0.25, -0.2) is 0 Å². The lowest BCUT2D eigenvalue weighted by Crippen LogP contribution is -2.44. The van der Waals surface area contributed by atoms with Crippen molar-refractivity contribution in [1.29, 1.82) is 0 Å². The van der Waals surface area contributed by atoms with Gasteiger partial charge in [-0.2, -0.15) is 0 Å². The summed E-state index contributed by atoms with van der Waals surface area (Å²) in [6, 6.07) is 12.5. The van der Waals surface area contributed by atoms with Gasteiger partial charge in [0, 0.05) is 18.1 Å². The predicted octanol–water partition coefficient (Wildman–Crippen LogP) is 1.02. The van der Waals surface area contributed by atoms with E-state index in [1.807, 2.05) is 30.3 Å². The van der Waals surface area contributed by atoms with Gasteiger partial charge in [0.25, 0.3) is 0 Å². The van der Waals surface area contributed by atoms with E-state index in [1.54, 1.807) is 12.1 Å². The van der Waals surface area contributed by atoms with Gasteiger partial charge in [0.05, 0.1) is 25.2 Å². The van der Waals surface area contributed by atoms with Crippen LogP contribution in [0.5, 0.6) is 17.2 Å². The fourth-order valence-corrected chi connectivity index (χ4v) is 4.81. The van der Waals surface area contributed by atoms with E-state index in [1.165, 1.54) is 7.11 Å². The topological polar surface area (TPSA) is 137 Å². The number of primary amides is 1. The summed E-state index contributed by atoms with van der Waals surface area (Å²) in [7, 11) is 1.46. The molecular weight excluding hydrogens is 400 g/mol. The number of carbonyl (C=O) groups excluding carboxylic acids is 1. The summed E-state index contributed by atoms with van der Waals surface area (Å²) in [6.07, 6.45) is -0.733. The maximum absolute atomic E-state index is 12.3. The molecule has 2 aromatic carbocycles. The molecule has 4 rings (SSSR count). The molecule has 8 heteroatoms. The lowest BCUT2D eigenvalue weighted by Gasteiger charge is -2.27. The van der Waals surface area contributed by atoms with Gasteiger partial charge in [0.2, 0.25) is 5.91 Å². The lowest BCUT2D eigenvalue weighted by atomic mass is 9.86. The number of aliphatic hydroxyl groups excluding tert-OH is 1. The maximum Gasteiger partial charge on any atom is 0.224 e. The molecule has 1 heterocycles. The number of aliphatic hydroxyl groups is 2. The van der Waals surface area contributed by atoms with Gasteiger partial charge < -0.3 is 35.9 Å². The smallest absolute Gasteiger partial charge is 0.224 e. The Balaban J connectivity index is 1.76. The van der Waals surface area contributed by atoms with Crippen LogP contribution in [0, 0.1) is 5.92 Å². The third kappa shape index (κ3) is 3.40. The third-order valence-corrected chi connectivity index (χ3v) is 6.23. The first-order valence-electron chi connectivity index (χ1n) is 10.4.